The highest BCUT2D eigenvalue weighted by atomic mass is 35.5. The standard InChI is InChI=1S/C21H23ClN6O3S/c1-15-3-6-19(23-14-15)24-20-7-8-21(26-25-20)27-9-11-28(12-10-27)32(29,30)16-4-5-18(31-2)17(22)13-16/h3-8,13-14H,9-12H2,1-2H3,(H,23,24,25). The SMILES string of the molecule is COc1ccc(S(=O)(=O)N2CCN(c3ccc(Nc4ccc(C)cn4)nn3)CC2)cc1Cl. The van der Waals surface area contributed by atoms with Gasteiger partial charge in [0.05, 0.1) is 17.0 Å². The number of hydrogen-bond donors (Lipinski definition) is 1. The summed E-state index contributed by atoms with van der Waals surface area (Å²) in [7, 11) is -2.16. The van der Waals surface area contributed by atoms with Crippen molar-refractivity contribution in [3.8, 4) is 5.75 Å². The Kier molecular flexibility index (Phi) is 6.45. The number of sulfonamides is 1. The average Bonchev–Trinajstić information content (AvgIpc) is 2.81. The number of hydrogen-bond acceptors (Lipinski definition) is 8. The number of methoxy groups -OCH3 is 1. The number of nitrogens with one attached hydrogen (secondary N) is 1. The van der Waals surface area contributed by atoms with Crippen LogP contribution < -0.4 is 15.0 Å². The molecule has 0 spiro atoms. The number of aryl methyl sites for hydroxylation is 1. The quantitative estimate of drug-likeness (QED) is 0.581. The van der Waals surface area contributed by atoms with Crippen LogP contribution in [0.1, 0.15) is 5.56 Å². The molecule has 11 heteroatoms. The molecule has 1 aliphatic rings. The van der Waals surface area contributed by atoms with Crippen LogP contribution in [0.4, 0.5) is 17.5 Å². The van der Waals surface area contributed by atoms with Crippen LogP contribution in [0.3, 0.4) is 0 Å². The van der Waals surface area contributed by atoms with Gasteiger partial charge in [0.15, 0.2) is 11.6 Å². The summed E-state index contributed by atoms with van der Waals surface area (Å²) in [6, 6.07) is 12.0. The molecule has 0 radical (unpaired) electrons. The monoisotopic (exact) mass is 474 g/mol. The Balaban J connectivity index is 1.38. The molecule has 1 N–H and O–H groups in total. The summed E-state index contributed by atoms with van der Waals surface area (Å²) in [5, 5.41) is 11.9. The van der Waals surface area contributed by atoms with E-state index in [4.69, 9.17) is 16.3 Å². The predicted molar refractivity (Wildman–Crippen MR) is 123 cm³/mol. The first-order chi connectivity index (χ1) is 15.4. The van der Waals surface area contributed by atoms with Crippen LogP contribution in [0.2, 0.25) is 5.02 Å². The van der Waals surface area contributed by atoms with Crippen molar-refractivity contribution >= 4 is 39.1 Å². The molecule has 1 saturated heterocycles. The lowest BCUT2D eigenvalue weighted by Gasteiger charge is -2.34. The number of piperazine rings is 1. The summed E-state index contributed by atoms with van der Waals surface area (Å²) in [5.74, 6) is 2.40. The summed E-state index contributed by atoms with van der Waals surface area (Å²) in [5.41, 5.74) is 1.08. The second-order valence-corrected chi connectivity index (χ2v) is 9.66. The van der Waals surface area contributed by atoms with E-state index in [2.05, 4.69) is 20.5 Å². The third kappa shape index (κ3) is 4.77. The Morgan fingerprint density at radius 3 is 2.34 bits per heavy atom. The van der Waals surface area contributed by atoms with Gasteiger partial charge in [0.25, 0.3) is 0 Å². The number of ether oxygens (including phenoxy) is 1. The van der Waals surface area contributed by atoms with Crippen LogP contribution in [0, 0.1) is 6.92 Å². The van der Waals surface area contributed by atoms with E-state index in [1.165, 1.54) is 23.5 Å². The van der Waals surface area contributed by atoms with Crippen molar-refractivity contribution in [2.24, 2.45) is 0 Å². The number of nitrogens with zero attached hydrogens (tertiary/aromatic N) is 5. The lowest BCUT2D eigenvalue weighted by molar-refractivity contribution is 0.383. The van der Waals surface area contributed by atoms with Gasteiger partial charge in [-0.15, -0.1) is 10.2 Å². The van der Waals surface area contributed by atoms with Gasteiger partial charge in [0, 0.05) is 32.4 Å². The maximum atomic E-state index is 13.0. The van der Waals surface area contributed by atoms with E-state index < -0.39 is 10.0 Å². The van der Waals surface area contributed by atoms with E-state index in [1.807, 2.05) is 36.1 Å². The van der Waals surface area contributed by atoms with Crippen LogP contribution in [-0.2, 0) is 10.0 Å². The Hall–Kier alpha value is -2.95. The fraction of sp³-hybridized carbons (Fsp3) is 0.286. The molecule has 1 aliphatic heterocycles. The van der Waals surface area contributed by atoms with Crippen molar-refractivity contribution < 1.29 is 13.2 Å². The second-order valence-electron chi connectivity index (χ2n) is 7.31. The van der Waals surface area contributed by atoms with E-state index >= 15 is 0 Å². The van der Waals surface area contributed by atoms with Gasteiger partial charge in [-0.05, 0) is 48.9 Å². The van der Waals surface area contributed by atoms with E-state index in [-0.39, 0.29) is 9.92 Å². The van der Waals surface area contributed by atoms with Gasteiger partial charge in [-0.3, -0.25) is 0 Å². The van der Waals surface area contributed by atoms with Crippen LogP contribution in [0.25, 0.3) is 0 Å². The molecule has 0 aliphatic carbocycles. The first-order valence-corrected chi connectivity index (χ1v) is 11.8. The van der Waals surface area contributed by atoms with Crippen molar-refractivity contribution in [3.05, 3.63) is 59.2 Å². The third-order valence-electron chi connectivity index (χ3n) is 5.14. The Morgan fingerprint density at radius 1 is 1.00 bits per heavy atom. The zero-order valence-electron chi connectivity index (χ0n) is 17.7. The first-order valence-electron chi connectivity index (χ1n) is 9.99. The molecule has 168 valence electrons. The van der Waals surface area contributed by atoms with E-state index in [1.54, 1.807) is 12.3 Å². The lowest BCUT2D eigenvalue weighted by Crippen LogP contribution is -2.49. The largest absolute Gasteiger partial charge is 0.495 e. The van der Waals surface area contributed by atoms with E-state index in [9.17, 15) is 8.42 Å². The minimum Gasteiger partial charge on any atom is -0.495 e. The van der Waals surface area contributed by atoms with Crippen LogP contribution >= 0.6 is 11.6 Å². The maximum Gasteiger partial charge on any atom is 0.243 e. The van der Waals surface area contributed by atoms with Crippen molar-refractivity contribution in [1.29, 1.82) is 0 Å². The highest BCUT2D eigenvalue weighted by Crippen LogP contribution is 2.29. The van der Waals surface area contributed by atoms with Crippen LogP contribution in [0.15, 0.2) is 53.6 Å². The molecule has 1 fully saturated rings. The zero-order valence-corrected chi connectivity index (χ0v) is 19.3. The minimum absolute atomic E-state index is 0.150. The smallest absolute Gasteiger partial charge is 0.243 e. The average molecular weight is 475 g/mol. The minimum atomic E-state index is -3.65. The third-order valence-corrected chi connectivity index (χ3v) is 7.33. The molecular weight excluding hydrogens is 452 g/mol. The molecule has 4 rings (SSSR count). The molecule has 32 heavy (non-hydrogen) atoms. The molecule has 0 amide bonds. The normalized spacial score (nSPS) is 14.9. The number of rotatable bonds is 6. The number of anilines is 3. The van der Waals surface area contributed by atoms with Gasteiger partial charge < -0.3 is 15.0 Å². The van der Waals surface area contributed by atoms with Crippen LogP contribution in [-0.4, -0.2) is 61.2 Å². The summed E-state index contributed by atoms with van der Waals surface area (Å²) < 4.78 is 32.5. The highest BCUT2D eigenvalue weighted by molar-refractivity contribution is 7.89. The zero-order chi connectivity index (χ0) is 22.7. The molecule has 3 heterocycles. The lowest BCUT2D eigenvalue weighted by atomic mass is 10.3. The number of benzene rings is 1. The number of pyridine rings is 1. The Labute approximate surface area is 192 Å². The highest BCUT2D eigenvalue weighted by Gasteiger charge is 2.29. The molecule has 0 atom stereocenters. The molecule has 0 unspecified atom stereocenters. The van der Waals surface area contributed by atoms with Gasteiger partial charge >= 0.3 is 0 Å². The summed E-state index contributed by atoms with van der Waals surface area (Å²) in [4.78, 5) is 6.45. The second kappa shape index (κ2) is 9.27. The van der Waals surface area contributed by atoms with Gasteiger partial charge in [0.1, 0.15) is 11.6 Å². The fourth-order valence-corrected chi connectivity index (χ4v) is 5.12. The molecule has 3 aromatic rings. The Bertz CT molecular complexity index is 1180. The van der Waals surface area contributed by atoms with E-state index in [0.717, 1.165) is 5.56 Å². The topological polar surface area (TPSA) is 101 Å². The van der Waals surface area contributed by atoms with Crippen LogP contribution in [0.5, 0.6) is 5.75 Å². The van der Waals surface area contributed by atoms with Crippen molar-refractivity contribution in [2.45, 2.75) is 11.8 Å². The summed E-state index contributed by atoms with van der Waals surface area (Å²) >= 11 is 6.11. The number of aromatic nitrogens is 3. The molecular formula is C21H23ClN6O3S. The van der Waals surface area contributed by atoms with Gasteiger partial charge in [-0.1, -0.05) is 17.7 Å². The van der Waals surface area contributed by atoms with Crippen molar-refractivity contribution in [2.75, 3.05) is 43.5 Å². The fourth-order valence-electron chi connectivity index (χ4n) is 3.35. The number of halogens is 1. The molecule has 0 saturated carbocycles. The van der Waals surface area contributed by atoms with Gasteiger partial charge in [-0.2, -0.15) is 4.31 Å². The summed E-state index contributed by atoms with van der Waals surface area (Å²) in [6.07, 6.45) is 1.78. The predicted octanol–water partition coefficient (Wildman–Crippen LogP) is 3.10. The first kappa shape index (κ1) is 22.3. The van der Waals surface area contributed by atoms with Gasteiger partial charge in [0.2, 0.25) is 10.0 Å². The Morgan fingerprint density at radius 2 is 1.75 bits per heavy atom. The van der Waals surface area contributed by atoms with Gasteiger partial charge in [-0.25, -0.2) is 13.4 Å². The van der Waals surface area contributed by atoms with Crippen molar-refractivity contribution in [3.63, 3.8) is 0 Å². The molecule has 1 aromatic carbocycles. The maximum absolute atomic E-state index is 13.0. The molecule has 0 bridgehead atoms. The molecule has 9 nitrogen and oxygen atoms in total. The van der Waals surface area contributed by atoms with Crippen molar-refractivity contribution in [1.82, 2.24) is 19.5 Å². The summed E-state index contributed by atoms with van der Waals surface area (Å²) in [6.45, 7) is 3.65. The molecule has 2 aromatic heterocycles. The van der Waals surface area contributed by atoms with E-state index in [0.29, 0.717) is 49.4 Å².